The maximum atomic E-state index is 11.8. The zero-order valence-electron chi connectivity index (χ0n) is 13.8. The van der Waals surface area contributed by atoms with Gasteiger partial charge in [0.05, 0.1) is 17.4 Å². The lowest BCUT2D eigenvalue weighted by atomic mass is 9.88. The second-order valence-corrected chi connectivity index (χ2v) is 6.92. The Hall–Kier alpha value is -2.14. The van der Waals surface area contributed by atoms with Crippen molar-refractivity contribution < 1.29 is 18.8 Å². The van der Waals surface area contributed by atoms with Crippen LogP contribution in [0.3, 0.4) is 0 Å². The Labute approximate surface area is 147 Å². The molecule has 9 nitrogen and oxygen atoms in total. The molecule has 0 aliphatic carbocycles. The molecule has 2 aromatic rings. The Bertz CT molecular complexity index is 749. The first-order valence-electron chi connectivity index (χ1n) is 7.59. The molecule has 2 unspecified atom stereocenters. The fourth-order valence-corrected chi connectivity index (χ4v) is 3.19. The largest absolute Gasteiger partial charge is 0.326 e. The maximum absolute atomic E-state index is 11.8. The Morgan fingerprint density at radius 1 is 1.40 bits per heavy atom. The van der Waals surface area contributed by atoms with Crippen molar-refractivity contribution >= 4 is 17.0 Å². The van der Waals surface area contributed by atoms with Crippen LogP contribution in [-0.4, -0.2) is 40.6 Å². The molecule has 0 saturated heterocycles. The van der Waals surface area contributed by atoms with E-state index in [0.717, 1.165) is 11.1 Å². The number of hydroxylamine groups is 1. The summed E-state index contributed by atoms with van der Waals surface area (Å²) in [5.74, 6) is -1.01. The summed E-state index contributed by atoms with van der Waals surface area (Å²) < 4.78 is 21.7. The first kappa shape index (κ1) is 19.2. The lowest BCUT2D eigenvalue weighted by Crippen LogP contribution is -2.42. The smallest absolute Gasteiger partial charge is 0.250 e. The standard InChI is InChI=1S/C15H21N5O4S/c1-15(10-25(23)24,14(21)18-22)6-7-20-9-13(17-19-20)12-4-2-11(8-16)3-5-12/h2-5,9,22H,6-8,10,16H2,1H3,(H,18,21)(H,23,24). The molecule has 136 valence electrons. The molecule has 1 aromatic carbocycles. The van der Waals surface area contributed by atoms with Gasteiger partial charge in [-0.05, 0) is 18.9 Å². The summed E-state index contributed by atoms with van der Waals surface area (Å²) in [5.41, 5.74) is 8.48. The lowest BCUT2D eigenvalue weighted by molar-refractivity contribution is -0.138. The number of carbonyl (C=O) groups excluding carboxylic acids is 1. The summed E-state index contributed by atoms with van der Waals surface area (Å²) in [5, 5.41) is 17.0. The molecule has 0 bridgehead atoms. The van der Waals surface area contributed by atoms with Crippen LogP contribution in [0.1, 0.15) is 18.9 Å². The molecule has 2 atom stereocenters. The van der Waals surface area contributed by atoms with Crippen molar-refractivity contribution in [1.29, 1.82) is 0 Å². The molecule has 1 aromatic heterocycles. The second-order valence-electron chi connectivity index (χ2n) is 5.99. The number of rotatable bonds is 8. The highest BCUT2D eigenvalue weighted by Crippen LogP contribution is 2.24. The third-order valence-electron chi connectivity index (χ3n) is 4.01. The third-order valence-corrected chi connectivity index (χ3v) is 4.89. The van der Waals surface area contributed by atoms with E-state index in [1.807, 2.05) is 24.3 Å². The molecule has 5 N–H and O–H groups in total. The first-order valence-corrected chi connectivity index (χ1v) is 8.87. The lowest BCUT2D eigenvalue weighted by Gasteiger charge is -2.25. The van der Waals surface area contributed by atoms with Gasteiger partial charge in [-0.15, -0.1) is 5.10 Å². The van der Waals surface area contributed by atoms with E-state index in [-0.39, 0.29) is 12.2 Å². The minimum Gasteiger partial charge on any atom is -0.326 e. The quantitative estimate of drug-likeness (QED) is 0.303. The van der Waals surface area contributed by atoms with Crippen LogP contribution in [-0.2, 0) is 29.0 Å². The van der Waals surface area contributed by atoms with Crippen LogP contribution in [0.4, 0.5) is 0 Å². The number of nitrogens with two attached hydrogens (primary N) is 1. The van der Waals surface area contributed by atoms with Crippen molar-refractivity contribution in [3.63, 3.8) is 0 Å². The van der Waals surface area contributed by atoms with E-state index in [0.29, 0.717) is 18.8 Å². The minimum atomic E-state index is -2.17. The van der Waals surface area contributed by atoms with Gasteiger partial charge < -0.3 is 10.3 Å². The van der Waals surface area contributed by atoms with E-state index >= 15 is 0 Å². The molecular formula is C15H21N5O4S. The molecule has 2 rings (SSSR count). The van der Waals surface area contributed by atoms with Crippen LogP contribution in [0.5, 0.6) is 0 Å². The highest BCUT2D eigenvalue weighted by molar-refractivity contribution is 7.79. The van der Waals surface area contributed by atoms with Gasteiger partial charge in [-0.2, -0.15) is 0 Å². The van der Waals surface area contributed by atoms with Gasteiger partial charge in [0, 0.05) is 18.7 Å². The predicted octanol–water partition coefficient (Wildman–Crippen LogP) is 0.527. The van der Waals surface area contributed by atoms with Crippen molar-refractivity contribution in [3.8, 4) is 11.3 Å². The Kier molecular flexibility index (Phi) is 6.37. The Balaban J connectivity index is 2.08. The molecule has 0 aliphatic heterocycles. The minimum absolute atomic E-state index is 0.209. The molecule has 1 amide bonds. The fraction of sp³-hybridized carbons (Fsp3) is 0.400. The average Bonchev–Trinajstić information content (AvgIpc) is 3.08. The van der Waals surface area contributed by atoms with E-state index in [9.17, 15) is 9.00 Å². The van der Waals surface area contributed by atoms with Crippen molar-refractivity contribution in [2.24, 2.45) is 11.1 Å². The Morgan fingerprint density at radius 3 is 2.64 bits per heavy atom. The third kappa shape index (κ3) is 4.92. The highest BCUT2D eigenvalue weighted by atomic mass is 32.2. The maximum Gasteiger partial charge on any atom is 0.250 e. The van der Waals surface area contributed by atoms with E-state index in [4.69, 9.17) is 15.5 Å². The number of hydrogen-bond donors (Lipinski definition) is 4. The monoisotopic (exact) mass is 367 g/mol. The van der Waals surface area contributed by atoms with Crippen LogP contribution >= 0.6 is 0 Å². The summed E-state index contributed by atoms with van der Waals surface area (Å²) in [6, 6.07) is 7.62. The molecule has 1 heterocycles. The van der Waals surface area contributed by atoms with Crippen LogP contribution in [0.2, 0.25) is 0 Å². The van der Waals surface area contributed by atoms with Crippen LogP contribution < -0.4 is 11.2 Å². The number of nitrogens with zero attached hydrogens (tertiary/aromatic N) is 3. The summed E-state index contributed by atoms with van der Waals surface area (Å²) in [6.45, 7) is 2.27. The molecule has 0 spiro atoms. The number of aryl methyl sites for hydroxylation is 1. The van der Waals surface area contributed by atoms with Gasteiger partial charge in [-0.3, -0.25) is 14.7 Å². The van der Waals surface area contributed by atoms with Gasteiger partial charge in [-0.25, -0.2) is 9.69 Å². The second kappa shape index (κ2) is 8.30. The number of carbonyl (C=O) groups is 1. The summed E-state index contributed by atoms with van der Waals surface area (Å²) in [6.07, 6.45) is 1.94. The first-order chi connectivity index (χ1) is 11.9. The average molecular weight is 367 g/mol. The van der Waals surface area contributed by atoms with Crippen LogP contribution in [0.25, 0.3) is 11.3 Å². The summed E-state index contributed by atoms with van der Waals surface area (Å²) in [4.78, 5) is 11.8. The molecule has 0 saturated carbocycles. The van der Waals surface area contributed by atoms with Crippen molar-refractivity contribution in [1.82, 2.24) is 20.5 Å². The molecule has 0 aliphatic rings. The normalized spacial score (nSPS) is 14.7. The number of amides is 1. The zero-order chi connectivity index (χ0) is 18.4. The van der Waals surface area contributed by atoms with Crippen LogP contribution in [0.15, 0.2) is 30.5 Å². The van der Waals surface area contributed by atoms with Gasteiger partial charge in [-0.1, -0.05) is 29.5 Å². The van der Waals surface area contributed by atoms with Gasteiger partial charge in [0.2, 0.25) is 5.91 Å². The highest BCUT2D eigenvalue weighted by Gasteiger charge is 2.35. The fourth-order valence-electron chi connectivity index (χ4n) is 2.37. The number of hydrogen-bond acceptors (Lipinski definition) is 6. The van der Waals surface area contributed by atoms with Gasteiger partial charge in [0.1, 0.15) is 5.69 Å². The van der Waals surface area contributed by atoms with E-state index in [1.54, 1.807) is 16.4 Å². The van der Waals surface area contributed by atoms with E-state index in [2.05, 4.69) is 10.3 Å². The number of nitrogens with one attached hydrogen (secondary N) is 1. The van der Waals surface area contributed by atoms with Crippen LogP contribution in [0, 0.1) is 5.41 Å². The van der Waals surface area contributed by atoms with E-state index in [1.165, 1.54) is 6.92 Å². The molecular weight excluding hydrogens is 346 g/mol. The molecule has 0 radical (unpaired) electrons. The van der Waals surface area contributed by atoms with Crippen molar-refractivity contribution in [2.45, 2.75) is 26.4 Å². The predicted molar refractivity (Wildman–Crippen MR) is 91.6 cm³/mol. The topological polar surface area (TPSA) is 143 Å². The molecule has 10 heteroatoms. The SMILES string of the molecule is CC(CCn1cc(-c2ccc(CN)cc2)nn1)(CS(=O)O)C(=O)NO. The zero-order valence-corrected chi connectivity index (χ0v) is 14.6. The van der Waals surface area contributed by atoms with Crippen molar-refractivity contribution in [2.75, 3.05) is 5.75 Å². The van der Waals surface area contributed by atoms with E-state index < -0.39 is 22.4 Å². The van der Waals surface area contributed by atoms with Gasteiger partial charge in [0.15, 0.2) is 11.1 Å². The number of aromatic nitrogens is 3. The Morgan fingerprint density at radius 2 is 2.08 bits per heavy atom. The van der Waals surface area contributed by atoms with Gasteiger partial charge in [0.25, 0.3) is 0 Å². The van der Waals surface area contributed by atoms with Crippen molar-refractivity contribution in [3.05, 3.63) is 36.0 Å². The molecule has 0 fully saturated rings. The number of benzene rings is 1. The summed E-state index contributed by atoms with van der Waals surface area (Å²) >= 11 is -2.17. The van der Waals surface area contributed by atoms with Gasteiger partial charge >= 0.3 is 0 Å². The summed E-state index contributed by atoms with van der Waals surface area (Å²) in [7, 11) is 0. The molecule has 25 heavy (non-hydrogen) atoms.